The number of allylic oxidation sites excluding steroid dienone is 4. The summed E-state index contributed by atoms with van der Waals surface area (Å²) in [5, 5.41) is 19.9. The van der Waals surface area contributed by atoms with Crippen LogP contribution in [-0.2, 0) is 26.1 Å². The van der Waals surface area contributed by atoms with E-state index in [1.165, 1.54) is 35.1 Å². The number of aliphatic hydroxyl groups excluding tert-OH is 2. The minimum absolute atomic E-state index is 0.0797. The Balaban J connectivity index is 2.72. The van der Waals surface area contributed by atoms with Crippen LogP contribution < -0.4 is 0 Å². The lowest BCUT2D eigenvalue weighted by molar-refractivity contribution is 0.275. The van der Waals surface area contributed by atoms with Crippen molar-refractivity contribution in [1.29, 1.82) is 0 Å². The van der Waals surface area contributed by atoms with Gasteiger partial charge in [-0.1, -0.05) is 49.3 Å². The van der Waals surface area contributed by atoms with Gasteiger partial charge in [-0.05, 0) is 113 Å². The molecule has 30 heavy (non-hydrogen) atoms. The molecule has 0 radical (unpaired) electrons. The fraction of sp³-hybridized carbons (Fsp3) is 0.643. The molecule has 0 heterocycles. The summed E-state index contributed by atoms with van der Waals surface area (Å²) in [6, 6.07) is 4.30. The third kappa shape index (κ3) is 10.6. The van der Waals surface area contributed by atoms with Crippen LogP contribution in [0.1, 0.15) is 102 Å². The summed E-state index contributed by atoms with van der Waals surface area (Å²) in [6.45, 7) is 13.4. The van der Waals surface area contributed by atoms with Crippen LogP contribution in [0.2, 0.25) is 0 Å². The lowest BCUT2D eigenvalue weighted by atomic mass is 9.89. The van der Waals surface area contributed by atoms with Crippen LogP contribution in [0.15, 0.2) is 35.4 Å². The average molecular weight is 415 g/mol. The van der Waals surface area contributed by atoms with E-state index in [1.54, 1.807) is 0 Å². The zero-order chi connectivity index (χ0) is 22.5. The first kappa shape index (κ1) is 26.7. The smallest absolute Gasteiger partial charge is 0.0684 e. The molecule has 0 amide bonds. The summed E-state index contributed by atoms with van der Waals surface area (Å²) in [5.41, 5.74) is 7.26. The van der Waals surface area contributed by atoms with Crippen molar-refractivity contribution < 1.29 is 10.2 Å². The Labute approximate surface area is 186 Å². The zero-order valence-electron chi connectivity index (χ0n) is 20.4. The molecule has 0 spiro atoms. The van der Waals surface area contributed by atoms with Crippen molar-refractivity contribution in [2.24, 2.45) is 11.8 Å². The largest absolute Gasteiger partial charge is 0.392 e. The third-order valence-electron chi connectivity index (χ3n) is 6.10. The Hall–Kier alpha value is -1.38. The lowest BCUT2D eigenvalue weighted by Crippen LogP contribution is -2.06. The number of rotatable bonds is 14. The van der Waals surface area contributed by atoms with E-state index in [0.29, 0.717) is 11.8 Å². The Morgan fingerprint density at radius 3 is 1.33 bits per heavy atom. The topological polar surface area (TPSA) is 40.5 Å². The molecule has 2 unspecified atom stereocenters. The maximum Gasteiger partial charge on any atom is 0.0684 e. The SMILES string of the molecule is CC(C)=CCCC(C)CCc1cc(CO)c(CCC(C)CCC=C(C)C)cc1CO. The van der Waals surface area contributed by atoms with Gasteiger partial charge in [-0.2, -0.15) is 0 Å². The Morgan fingerprint density at radius 2 is 1.03 bits per heavy atom. The summed E-state index contributed by atoms with van der Waals surface area (Å²) < 4.78 is 0. The number of hydrogen-bond donors (Lipinski definition) is 2. The van der Waals surface area contributed by atoms with Crippen molar-refractivity contribution in [2.45, 2.75) is 106 Å². The maximum absolute atomic E-state index is 9.94. The minimum Gasteiger partial charge on any atom is -0.392 e. The number of hydrogen-bond acceptors (Lipinski definition) is 2. The third-order valence-corrected chi connectivity index (χ3v) is 6.10. The molecule has 0 saturated heterocycles. The van der Waals surface area contributed by atoms with Gasteiger partial charge in [-0.15, -0.1) is 0 Å². The maximum atomic E-state index is 9.94. The van der Waals surface area contributed by atoms with Gasteiger partial charge in [-0.3, -0.25) is 0 Å². The molecule has 0 aliphatic heterocycles. The normalized spacial score (nSPS) is 13.1. The van der Waals surface area contributed by atoms with Gasteiger partial charge in [0.1, 0.15) is 0 Å². The van der Waals surface area contributed by atoms with Crippen molar-refractivity contribution in [3.05, 3.63) is 57.7 Å². The second-order valence-corrected chi connectivity index (χ2v) is 9.71. The van der Waals surface area contributed by atoms with Gasteiger partial charge in [0.15, 0.2) is 0 Å². The molecule has 0 saturated carbocycles. The fourth-order valence-corrected chi connectivity index (χ4v) is 3.96. The molecule has 170 valence electrons. The zero-order valence-corrected chi connectivity index (χ0v) is 20.4. The van der Waals surface area contributed by atoms with E-state index < -0.39 is 0 Å². The molecule has 0 aromatic heterocycles. The molecule has 2 N–H and O–H groups in total. The van der Waals surface area contributed by atoms with Crippen LogP contribution in [0, 0.1) is 11.8 Å². The van der Waals surface area contributed by atoms with Gasteiger partial charge < -0.3 is 10.2 Å². The van der Waals surface area contributed by atoms with Crippen LogP contribution in [0.5, 0.6) is 0 Å². The first-order valence-electron chi connectivity index (χ1n) is 11.9. The van der Waals surface area contributed by atoms with Crippen LogP contribution >= 0.6 is 0 Å². The molecule has 0 aliphatic rings. The predicted octanol–water partition coefficient (Wildman–Crippen LogP) is 7.30. The molecule has 1 aromatic rings. The molecule has 2 atom stereocenters. The monoisotopic (exact) mass is 414 g/mol. The van der Waals surface area contributed by atoms with Gasteiger partial charge in [0.05, 0.1) is 13.2 Å². The highest BCUT2D eigenvalue weighted by Gasteiger charge is 2.12. The summed E-state index contributed by atoms with van der Waals surface area (Å²) in [4.78, 5) is 0. The van der Waals surface area contributed by atoms with Crippen molar-refractivity contribution in [3.8, 4) is 0 Å². The second kappa shape index (κ2) is 14.6. The van der Waals surface area contributed by atoms with E-state index in [0.717, 1.165) is 49.7 Å². The molecule has 1 aromatic carbocycles. The summed E-state index contributed by atoms with van der Waals surface area (Å²) in [6.07, 6.45) is 13.5. The Kier molecular flexibility index (Phi) is 13.0. The van der Waals surface area contributed by atoms with E-state index in [4.69, 9.17) is 0 Å². The summed E-state index contributed by atoms with van der Waals surface area (Å²) in [5.74, 6) is 1.32. The molecule has 0 aliphatic carbocycles. The Bertz CT molecular complexity index is 616. The number of aliphatic hydroxyl groups is 2. The molecular formula is C28H46O2. The van der Waals surface area contributed by atoms with Crippen LogP contribution in [-0.4, -0.2) is 10.2 Å². The van der Waals surface area contributed by atoms with E-state index in [2.05, 4.69) is 65.8 Å². The van der Waals surface area contributed by atoms with E-state index >= 15 is 0 Å². The van der Waals surface area contributed by atoms with E-state index in [-0.39, 0.29) is 13.2 Å². The summed E-state index contributed by atoms with van der Waals surface area (Å²) >= 11 is 0. The average Bonchev–Trinajstić information content (AvgIpc) is 2.69. The molecule has 0 fully saturated rings. The van der Waals surface area contributed by atoms with E-state index in [9.17, 15) is 10.2 Å². The van der Waals surface area contributed by atoms with Crippen molar-refractivity contribution in [3.63, 3.8) is 0 Å². The van der Waals surface area contributed by atoms with Gasteiger partial charge in [0, 0.05) is 0 Å². The second-order valence-electron chi connectivity index (χ2n) is 9.71. The van der Waals surface area contributed by atoms with Crippen molar-refractivity contribution in [2.75, 3.05) is 0 Å². The Morgan fingerprint density at radius 1 is 0.667 bits per heavy atom. The molecule has 2 nitrogen and oxygen atoms in total. The van der Waals surface area contributed by atoms with Crippen LogP contribution in [0.3, 0.4) is 0 Å². The number of aryl methyl sites for hydroxylation is 2. The van der Waals surface area contributed by atoms with Gasteiger partial charge >= 0.3 is 0 Å². The standard InChI is InChI=1S/C28H46O2/c1-21(2)9-7-11-23(5)13-15-25-17-28(20-30)26(18-27(25)19-29)16-14-24(6)12-8-10-22(3)4/h9-10,17-18,23-24,29-30H,7-8,11-16,19-20H2,1-6H3. The van der Waals surface area contributed by atoms with Gasteiger partial charge in [0.25, 0.3) is 0 Å². The number of benzene rings is 1. The van der Waals surface area contributed by atoms with Crippen molar-refractivity contribution >= 4 is 0 Å². The van der Waals surface area contributed by atoms with Crippen molar-refractivity contribution in [1.82, 2.24) is 0 Å². The molecule has 2 heteroatoms. The molecular weight excluding hydrogens is 368 g/mol. The minimum atomic E-state index is 0.0797. The highest BCUT2D eigenvalue weighted by atomic mass is 16.3. The lowest BCUT2D eigenvalue weighted by Gasteiger charge is -2.18. The highest BCUT2D eigenvalue weighted by Crippen LogP contribution is 2.25. The van der Waals surface area contributed by atoms with Gasteiger partial charge in [-0.25, -0.2) is 0 Å². The fourth-order valence-electron chi connectivity index (χ4n) is 3.96. The van der Waals surface area contributed by atoms with Crippen LogP contribution in [0.25, 0.3) is 0 Å². The molecule has 0 bridgehead atoms. The quantitative estimate of drug-likeness (QED) is 0.313. The highest BCUT2D eigenvalue weighted by molar-refractivity contribution is 5.38. The van der Waals surface area contributed by atoms with Crippen LogP contribution in [0.4, 0.5) is 0 Å². The predicted molar refractivity (Wildman–Crippen MR) is 131 cm³/mol. The summed E-state index contributed by atoms with van der Waals surface area (Å²) in [7, 11) is 0. The molecule has 1 rings (SSSR count). The first-order valence-corrected chi connectivity index (χ1v) is 11.9. The van der Waals surface area contributed by atoms with E-state index in [1.807, 2.05) is 0 Å². The van der Waals surface area contributed by atoms with Gasteiger partial charge in [0.2, 0.25) is 0 Å². The first-order chi connectivity index (χ1) is 14.3.